The van der Waals surface area contributed by atoms with Crippen molar-refractivity contribution in [2.24, 2.45) is 0 Å². The van der Waals surface area contributed by atoms with Gasteiger partial charge in [0.05, 0.1) is 12.7 Å². The number of nitrogens with zero attached hydrogens (tertiary/aromatic N) is 1. The van der Waals surface area contributed by atoms with Crippen LogP contribution < -0.4 is 4.74 Å². The first-order chi connectivity index (χ1) is 8.65. The van der Waals surface area contributed by atoms with Crippen LogP contribution in [0.3, 0.4) is 0 Å². The fourth-order valence-electron chi connectivity index (χ4n) is 2.30. The maximum Gasteiger partial charge on any atom is 0.119 e. The quantitative estimate of drug-likeness (QED) is 0.812. The van der Waals surface area contributed by atoms with Crippen molar-refractivity contribution in [3.63, 3.8) is 0 Å². The molecule has 0 bridgehead atoms. The van der Waals surface area contributed by atoms with E-state index < -0.39 is 0 Å². The zero-order valence-corrected chi connectivity index (χ0v) is 11.4. The van der Waals surface area contributed by atoms with Gasteiger partial charge in [0, 0.05) is 19.6 Å². The number of benzene rings is 1. The minimum Gasteiger partial charge on any atom is -0.494 e. The van der Waals surface area contributed by atoms with E-state index in [0.29, 0.717) is 0 Å². The normalized spacial score (nSPS) is 20.3. The van der Waals surface area contributed by atoms with E-state index in [4.69, 9.17) is 4.74 Å². The smallest absolute Gasteiger partial charge is 0.119 e. The third-order valence-corrected chi connectivity index (χ3v) is 3.61. The van der Waals surface area contributed by atoms with Crippen molar-refractivity contribution in [3.05, 3.63) is 29.3 Å². The minimum absolute atomic E-state index is 0.120. The van der Waals surface area contributed by atoms with Crippen LogP contribution in [-0.2, 0) is 0 Å². The monoisotopic (exact) mass is 249 g/mol. The number of aliphatic hydroxyl groups excluding tert-OH is 1. The Morgan fingerprint density at radius 1 is 1.33 bits per heavy atom. The predicted octanol–water partition coefficient (Wildman–Crippen LogP) is 2.14. The predicted molar refractivity (Wildman–Crippen MR) is 73.1 cm³/mol. The minimum atomic E-state index is -0.120. The van der Waals surface area contributed by atoms with Crippen molar-refractivity contribution in [2.75, 3.05) is 26.2 Å². The Labute approximate surface area is 109 Å². The number of ether oxygens (including phenoxy) is 1. The number of aliphatic hydroxyl groups is 1. The summed E-state index contributed by atoms with van der Waals surface area (Å²) in [5.74, 6) is 0.958. The molecule has 18 heavy (non-hydrogen) atoms. The van der Waals surface area contributed by atoms with Gasteiger partial charge >= 0.3 is 0 Å². The van der Waals surface area contributed by atoms with E-state index in [2.05, 4.69) is 30.9 Å². The van der Waals surface area contributed by atoms with E-state index in [-0.39, 0.29) is 6.10 Å². The maximum absolute atomic E-state index is 9.42. The van der Waals surface area contributed by atoms with Gasteiger partial charge < -0.3 is 14.7 Å². The van der Waals surface area contributed by atoms with Gasteiger partial charge in [-0.05, 0) is 49.9 Å². The first-order valence-corrected chi connectivity index (χ1v) is 6.75. The lowest BCUT2D eigenvalue weighted by atomic mass is 10.1. The zero-order valence-electron chi connectivity index (χ0n) is 11.4. The van der Waals surface area contributed by atoms with Crippen molar-refractivity contribution in [2.45, 2.75) is 32.8 Å². The van der Waals surface area contributed by atoms with Gasteiger partial charge in [0.15, 0.2) is 0 Å². The van der Waals surface area contributed by atoms with Crippen molar-refractivity contribution in [1.82, 2.24) is 4.90 Å². The molecule has 1 atom stereocenters. The van der Waals surface area contributed by atoms with E-state index in [0.717, 1.165) is 44.8 Å². The van der Waals surface area contributed by atoms with E-state index in [1.54, 1.807) is 0 Å². The molecule has 0 unspecified atom stereocenters. The SMILES string of the molecule is Cc1ccc(OCCCN2CC[C@@H](O)C2)cc1C. The number of hydrogen-bond acceptors (Lipinski definition) is 3. The number of aryl methyl sites for hydroxylation is 2. The van der Waals surface area contributed by atoms with Gasteiger partial charge in [-0.2, -0.15) is 0 Å². The molecule has 0 aromatic heterocycles. The van der Waals surface area contributed by atoms with Crippen LogP contribution in [0.2, 0.25) is 0 Å². The number of hydrogen-bond donors (Lipinski definition) is 1. The van der Waals surface area contributed by atoms with E-state index in [1.807, 2.05) is 6.07 Å². The van der Waals surface area contributed by atoms with Gasteiger partial charge in [-0.15, -0.1) is 0 Å². The fourth-order valence-corrected chi connectivity index (χ4v) is 2.30. The van der Waals surface area contributed by atoms with Crippen LogP contribution >= 0.6 is 0 Å². The molecule has 2 rings (SSSR count). The Bertz CT molecular complexity index is 392. The molecular formula is C15H23NO2. The van der Waals surface area contributed by atoms with Crippen LogP contribution in [0.4, 0.5) is 0 Å². The standard InChI is InChI=1S/C15H23NO2/c1-12-4-5-15(10-13(12)2)18-9-3-7-16-8-6-14(17)11-16/h4-5,10,14,17H,3,6-9,11H2,1-2H3/t14-/m1/s1. The highest BCUT2D eigenvalue weighted by Crippen LogP contribution is 2.16. The lowest BCUT2D eigenvalue weighted by Gasteiger charge is -2.15. The van der Waals surface area contributed by atoms with Gasteiger partial charge in [-0.3, -0.25) is 0 Å². The second-order valence-electron chi connectivity index (χ2n) is 5.19. The molecule has 0 aliphatic carbocycles. The van der Waals surface area contributed by atoms with Crippen LogP contribution in [0.1, 0.15) is 24.0 Å². The Morgan fingerprint density at radius 3 is 2.83 bits per heavy atom. The highest BCUT2D eigenvalue weighted by Gasteiger charge is 2.19. The average Bonchev–Trinajstić information content (AvgIpc) is 2.75. The molecule has 1 aromatic carbocycles. The molecule has 1 aliphatic rings. The molecule has 1 aliphatic heterocycles. The molecule has 0 saturated carbocycles. The largest absolute Gasteiger partial charge is 0.494 e. The first kappa shape index (κ1) is 13.4. The molecule has 1 saturated heterocycles. The average molecular weight is 249 g/mol. The van der Waals surface area contributed by atoms with Crippen LogP contribution in [0.5, 0.6) is 5.75 Å². The summed E-state index contributed by atoms with van der Waals surface area (Å²) in [5, 5.41) is 9.42. The van der Waals surface area contributed by atoms with E-state index in [9.17, 15) is 5.11 Å². The third-order valence-electron chi connectivity index (χ3n) is 3.61. The van der Waals surface area contributed by atoms with Crippen molar-refractivity contribution in [3.8, 4) is 5.75 Å². The Morgan fingerprint density at radius 2 is 2.17 bits per heavy atom. The summed E-state index contributed by atoms with van der Waals surface area (Å²) >= 11 is 0. The molecular weight excluding hydrogens is 226 g/mol. The van der Waals surface area contributed by atoms with Gasteiger partial charge in [-0.1, -0.05) is 6.07 Å². The highest BCUT2D eigenvalue weighted by molar-refractivity contribution is 5.33. The molecule has 0 amide bonds. The number of β-amino-alcohol motifs (C(OH)–C–C–N with tert-alkyl or cyclic N) is 1. The fraction of sp³-hybridized carbons (Fsp3) is 0.600. The zero-order chi connectivity index (χ0) is 13.0. The van der Waals surface area contributed by atoms with E-state index in [1.165, 1.54) is 11.1 Å². The van der Waals surface area contributed by atoms with Crippen LogP contribution in [0, 0.1) is 13.8 Å². The van der Waals surface area contributed by atoms with Crippen molar-refractivity contribution >= 4 is 0 Å². The lowest BCUT2D eigenvalue weighted by molar-refractivity contribution is 0.173. The second-order valence-corrected chi connectivity index (χ2v) is 5.19. The first-order valence-electron chi connectivity index (χ1n) is 6.75. The van der Waals surface area contributed by atoms with Crippen LogP contribution in [0.15, 0.2) is 18.2 Å². The van der Waals surface area contributed by atoms with Crippen LogP contribution in [-0.4, -0.2) is 42.4 Å². The van der Waals surface area contributed by atoms with Crippen molar-refractivity contribution in [1.29, 1.82) is 0 Å². The molecule has 3 nitrogen and oxygen atoms in total. The molecule has 0 spiro atoms. The summed E-state index contributed by atoms with van der Waals surface area (Å²) in [6, 6.07) is 6.22. The summed E-state index contributed by atoms with van der Waals surface area (Å²) in [6.07, 6.45) is 1.81. The van der Waals surface area contributed by atoms with E-state index >= 15 is 0 Å². The van der Waals surface area contributed by atoms with Gasteiger partial charge in [0.25, 0.3) is 0 Å². The molecule has 0 radical (unpaired) electrons. The summed E-state index contributed by atoms with van der Waals surface area (Å²) in [7, 11) is 0. The topological polar surface area (TPSA) is 32.7 Å². The Hall–Kier alpha value is -1.06. The summed E-state index contributed by atoms with van der Waals surface area (Å²) in [6.45, 7) is 7.82. The molecule has 3 heteroatoms. The third kappa shape index (κ3) is 3.72. The molecule has 1 N–H and O–H groups in total. The second kappa shape index (κ2) is 6.21. The summed E-state index contributed by atoms with van der Waals surface area (Å²) < 4.78 is 5.74. The molecule has 100 valence electrons. The number of likely N-dealkylation sites (tertiary alicyclic amines) is 1. The highest BCUT2D eigenvalue weighted by atomic mass is 16.5. The van der Waals surface area contributed by atoms with Gasteiger partial charge in [-0.25, -0.2) is 0 Å². The van der Waals surface area contributed by atoms with Crippen molar-refractivity contribution < 1.29 is 9.84 Å². The summed E-state index contributed by atoms with van der Waals surface area (Å²) in [5.41, 5.74) is 2.57. The summed E-state index contributed by atoms with van der Waals surface area (Å²) in [4.78, 5) is 2.30. The van der Waals surface area contributed by atoms with Crippen LogP contribution in [0.25, 0.3) is 0 Å². The lowest BCUT2D eigenvalue weighted by Crippen LogP contribution is -2.24. The van der Waals surface area contributed by atoms with Gasteiger partial charge in [0.2, 0.25) is 0 Å². The Balaban J connectivity index is 1.67. The molecule has 1 heterocycles. The Kier molecular flexibility index (Phi) is 4.61. The van der Waals surface area contributed by atoms with Gasteiger partial charge in [0.1, 0.15) is 5.75 Å². The molecule has 1 aromatic rings. The molecule has 1 fully saturated rings. The maximum atomic E-state index is 9.42. The number of rotatable bonds is 5.